The quantitative estimate of drug-likeness (QED) is 0.311. The number of hydrogen-bond donors (Lipinski definition) is 3. The zero-order chi connectivity index (χ0) is 12.8. The van der Waals surface area contributed by atoms with Gasteiger partial charge in [0.1, 0.15) is 0 Å². The summed E-state index contributed by atoms with van der Waals surface area (Å²) in [6.45, 7) is 0. The molecule has 0 saturated heterocycles. The lowest BCUT2D eigenvalue weighted by Gasteiger charge is -2.10. The van der Waals surface area contributed by atoms with E-state index in [1.54, 1.807) is 23.6 Å². The van der Waals surface area contributed by atoms with Gasteiger partial charge < -0.3 is 14.8 Å². The van der Waals surface area contributed by atoms with Crippen molar-refractivity contribution in [3.8, 4) is 11.5 Å². The minimum atomic E-state index is -0.823. The zero-order valence-corrected chi connectivity index (χ0v) is 9.31. The molecular weight excluding hydrogens is 228 g/mol. The van der Waals surface area contributed by atoms with Gasteiger partial charge in [0, 0.05) is 11.8 Å². The Morgan fingerprint density at radius 3 is 2.53 bits per heavy atom. The Morgan fingerprint density at radius 1 is 1.35 bits per heavy atom. The van der Waals surface area contributed by atoms with Gasteiger partial charge >= 0.3 is 0 Å². The van der Waals surface area contributed by atoms with Crippen LogP contribution in [-0.4, -0.2) is 25.2 Å². The van der Waals surface area contributed by atoms with Gasteiger partial charge in [-0.1, -0.05) is 5.43 Å². The molecule has 8 heteroatoms. The van der Waals surface area contributed by atoms with Crippen LogP contribution in [-0.2, 0) is 0 Å². The standard InChI is InChI=1S/C9H12N4O4/c1-16-7-4-3-6(5-8(7)17-2)11-9(10)12-13(14)15/h3-5H,1-2H3,(H3,10,11,12). The molecule has 17 heavy (non-hydrogen) atoms. The number of nitrogens with one attached hydrogen (secondary N) is 3. The molecule has 0 radical (unpaired) electrons. The van der Waals surface area contributed by atoms with E-state index in [-0.39, 0.29) is 0 Å². The maximum atomic E-state index is 10.1. The smallest absolute Gasteiger partial charge is 0.255 e. The molecule has 0 saturated carbocycles. The van der Waals surface area contributed by atoms with Gasteiger partial charge in [-0.2, -0.15) is 0 Å². The Bertz CT molecular complexity index is 435. The van der Waals surface area contributed by atoms with Gasteiger partial charge in [-0.15, -0.1) is 0 Å². The average Bonchev–Trinajstić information content (AvgIpc) is 2.27. The lowest BCUT2D eigenvalue weighted by Crippen LogP contribution is -2.34. The summed E-state index contributed by atoms with van der Waals surface area (Å²) in [6, 6.07) is 4.80. The molecule has 0 amide bonds. The number of ether oxygens (including phenoxy) is 2. The maximum absolute atomic E-state index is 10.1. The predicted octanol–water partition coefficient (Wildman–Crippen LogP) is 0.832. The fourth-order valence-corrected chi connectivity index (χ4v) is 1.18. The summed E-state index contributed by atoms with van der Waals surface area (Å²) in [7, 11) is 2.98. The van der Waals surface area contributed by atoms with Crippen LogP contribution in [0.3, 0.4) is 0 Å². The Hall–Kier alpha value is -2.51. The van der Waals surface area contributed by atoms with E-state index in [0.717, 1.165) is 0 Å². The van der Waals surface area contributed by atoms with Gasteiger partial charge in [0.2, 0.25) is 0 Å². The summed E-state index contributed by atoms with van der Waals surface area (Å²) < 4.78 is 10.1. The third-order valence-corrected chi connectivity index (χ3v) is 1.86. The molecule has 0 aromatic heterocycles. The van der Waals surface area contributed by atoms with E-state index in [2.05, 4.69) is 5.32 Å². The number of benzene rings is 1. The molecular formula is C9H12N4O4. The first-order valence-electron chi connectivity index (χ1n) is 4.55. The molecule has 0 unspecified atom stereocenters. The van der Waals surface area contributed by atoms with Gasteiger partial charge in [0.05, 0.1) is 14.2 Å². The van der Waals surface area contributed by atoms with E-state index in [1.165, 1.54) is 14.2 Å². The molecule has 1 aromatic rings. The molecule has 92 valence electrons. The largest absolute Gasteiger partial charge is 0.493 e. The number of hydrazine groups is 1. The van der Waals surface area contributed by atoms with Gasteiger partial charge in [-0.25, -0.2) is 10.1 Å². The Balaban J connectivity index is 2.79. The fraction of sp³-hybridized carbons (Fsp3) is 0.222. The van der Waals surface area contributed by atoms with E-state index in [0.29, 0.717) is 17.2 Å². The van der Waals surface area contributed by atoms with Gasteiger partial charge in [-0.05, 0) is 12.1 Å². The summed E-state index contributed by atoms with van der Waals surface area (Å²) in [5.74, 6) is 0.556. The minimum Gasteiger partial charge on any atom is -0.493 e. The van der Waals surface area contributed by atoms with Gasteiger partial charge in [-0.3, -0.25) is 5.41 Å². The van der Waals surface area contributed by atoms with Crippen LogP contribution in [0.2, 0.25) is 0 Å². The van der Waals surface area contributed by atoms with Crippen LogP contribution in [0, 0.1) is 15.5 Å². The highest BCUT2D eigenvalue weighted by Gasteiger charge is 2.07. The summed E-state index contributed by atoms with van der Waals surface area (Å²) in [6.07, 6.45) is 0. The van der Waals surface area contributed by atoms with Crippen LogP contribution in [0.25, 0.3) is 0 Å². The lowest BCUT2D eigenvalue weighted by atomic mass is 10.3. The highest BCUT2D eigenvalue weighted by Crippen LogP contribution is 2.29. The van der Waals surface area contributed by atoms with Crippen molar-refractivity contribution in [2.75, 3.05) is 19.5 Å². The first kappa shape index (κ1) is 12.6. The number of rotatable bonds is 4. The minimum absolute atomic E-state index is 0.442. The fourth-order valence-electron chi connectivity index (χ4n) is 1.18. The SMILES string of the molecule is COc1ccc(NC(=N)N[N+](=O)[O-])cc1OC. The van der Waals surface area contributed by atoms with Crippen molar-refractivity contribution in [2.45, 2.75) is 0 Å². The average molecular weight is 240 g/mol. The van der Waals surface area contributed by atoms with E-state index in [4.69, 9.17) is 14.9 Å². The third kappa shape index (κ3) is 3.52. The van der Waals surface area contributed by atoms with Crippen molar-refractivity contribution in [3.63, 3.8) is 0 Å². The molecule has 0 bridgehead atoms. The summed E-state index contributed by atoms with van der Waals surface area (Å²) in [5, 5.41) is 19.0. The van der Waals surface area contributed by atoms with Crippen LogP contribution in [0.5, 0.6) is 11.5 Å². The molecule has 0 fully saturated rings. The number of methoxy groups -OCH3 is 2. The predicted molar refractivity (Wildman–Crippen MR) is 61.0 cm³/mol. The topological polar surface area (TPSA) is 110 Å². The number of guanidine groups is 1. The van der Waals surface area contributed by atoms with E-state index < -0.39 is 11.0 Å². The summed E-state index contributed by atoms with van der Waals surface area (Å²) in [5.41, 5.74) is 2.15. The number of nitro groups is 1. The molecule has 0 aliphatic carbocycles. The molecule has 1 aromatic carbocycles. The van der Waals surface area contributed by atoms with Crippen LogP contribution >= 0.6 is 0 Å². The van der Waals surface area contributed by atoms with E-state index in [9.17, 15) is 10.1 Å². The molecule has 1 rings (SSSR count). The first-order chi connectivity index (χ1) is 8.06. The first-order valence-corrected chi connectivity index (χ1v) is 4.55. The van der Waals surface area contributed by atoms with Crippen molar-refractivity contribution in [2.24, 2.45) is 0 Å². The molecule has 0 aliphatic rings. The van der Waals surface area contributed by atoms with Crippen molar-refractivity contribution < 1.29 is 14.5 Å². The van der Waals surface area contributed by atoms with Crippen molar-refractivity contribution in [3.05, 3.63) is 28.3 Å². The van der Waals surface area contributed by atoms with Crippen molar-refractivity contribution in [1.29, 1.82) is 5.41 Å². The lowest BCUT2D eigenvalue weighted by molar-refractivity contribution is -0.525. The van der Waals surface area contributed by atoms with Crippen LogP contribution in [0.4, 0.5) is 5.69 Å². The second-order valence-corrected chi connectivity index (χ2v) is 2.94. The highest BCUT2D eigenvalue weighted by molar-refractivity contribution is 5.90. The van der Waals surface area contributed by atoms with Crippen molar-refractivity contribution >= 4 is 11.6 Å². The molecule has 0 aliphatic heterocycles. The van der Waals surface area contributed by atoms with Crippen molar-refractivity contribution in [1.82, 2.24) is 5.43 Å². The number of hydrogen-bond acceptors (Lipinski definition) is 5. The monoisotopic (exact) mass is 240 g/mol. The molecule has 0 heterocycles. The zero-order valence-electron chi connectivity index (χ0n) is 9.31. The summed E-state index contributed by atoms with van der Waals surface area (Å²) >= 11 is 0. The second kappa shape index (κ2) is 5.54. The second-order valence-electron chi connectivity index (χ2n) is 2.94. The molecule has 3 N–H and O–H groups in total. The Kier molecular flexibility index (Phi) is 4.09. The van der Waals surface area contributed by atoms with Crippen LogP contribution in [0.1, 0.15) is 0 Å². The van der Waals surface area contributed by atoms with E-state index in [1.807, 2.05) is 0 Å². The maximum Gasteiger partial charge on any atom is 0.255 e. The molecule has 0 spiro atoms. The Morgan fingerprint density at radius 2 is 2.00 bits per heavy atom. The van der Waals surface area contributed by atoms with Crippen LogP contribution in [0.15, 0.2) is 18.2 Å². The summed E-state index contributed by atoms with van der Waals surface area (Å²) in [4.78, 5) is 10.1. The van der Waals surface area contributed by atoms with Crippen LogP contribution < -0.4 is 20.2 Å². The number of anilines is 1. The molecule has 8 nitrogen and oxygen atoms in total. The van der Waals surface area contributed by atoms with Gasteiger partial charge in [0.15, 0.2) is 16.5 Å². The van der Waals surface area contributed by atoms with E-state index >= 15 is 0 Å². The molecule has 0 atom stereocenters. The Labute approximate surface area is 97.2 Å². The normalized spacial score (nSPS) is 9.29. The number of nitrogens with zero attached hydrogens (tertiary/aromatic N) is 1. The van der Waals surface area contributed by atoms with Gasteiger partial charge in [0.25, 0.3) is 5.96 Å². The third-order valence-electron chi connectivity index (χ3n) is 1.86. The highest BCUT2D eigenvalue weighted by atomic mass is 16.7.